The van der Waals surface area contributed by atoms with Gasteiger partial charge in [-0.2, -0.15) is 0 Å². The molecule has 0 saturated heterocycles. The van der Waals surface area contributed by atoms with Crippen LogP contribution in [0.5, 0.6) is 5.75 Å². The number of halogens is 1. The first-order chi connectivity index (χ1) is 10.6. The van der Waals surface area contributed by atoms with Crippen LogP contribution in [0.2, 0.25) is 0 Å². The third-order valence-corrected chi connectivity index (χ3v) is 4.13. The Morgan fingerprint density at radius 1 is 1.30 bits per heavy atom. The minimum Gasteiger partial charge on any atom is -0.493 e. The van der Waals surface area contributed by atoms with Crippen molar-refractivity contribution >= 4 is 29.9 Å². The van der Waals surface area contributed by atoms with Gasteiger partial charge in [0, 0.05) is 25.6 Å². The zero-order valence-corrected chi connectivity index (χ0v) is 17.0. The van der Waals surface area contributed by atoms with E-state index in [4.69, 9.17) is 4.74 Å². The summed E-state index contributed by atoms with van der Waals surface area (Å²) in [5.41, 5.74) is 2.67. The van der Waals surface area contributed by atoms with Crippen molar-refractivity contribution in [1.82, 2.24) is 10.6 Å². The summed E-state index contributed by atoms with van der Waals surface area (Å²) in [5.74, 6) is 2.54. The van der Waals surface area contributed by atoms with E-state index in [1.54, 1.807) is 0 Å². The molecule has 1 aromatic carbocycles. The Kier molecular flexibility index (Phi) is 8.73. The van der Waals surface area contributed by atoms with E-state index in [-0.39, 0.29) is 24.0 Å². The Balaban J connectivity index is 0.00000264. The summed E-state index contributed by atoms with van der Waals surface area (Å²) >= 11 is 0. The van der Waals surface area contributed by atoms with E-state index in [1.165, 1.54) is 11.1 Å². The largest absolute Gasteiger partial charge is 0.493 e. The van der Waals surface area contributed by atoms with E-state index in [1.807, 2.05) is 0 Å². The number of ether oxygens (including phenoxy) is 1. The molecule has 0 saturated carbocycles. The highest BCUT2D eigenvalue weighted by atomic mass is 127. The minimum atomic E-state index is 0. The second kappa shape index (κ2) is 10.0. The molecule has 130 valence electrons. The van der Waals surface area contributed by atoms with Crippen LogP contribution in [-0.2, 0) is 12.8 Å². The molecule has 1 aliphatic rings. The Morgan fingerprint density at radius 3 is 2.78 bits per heavy atom. The highest BCUT2D eigenvalue weighted by Gasteiger charge is 2.12. The number of fused-ring (bicyclic) bond motifs is 1. The van der Waals surface area contributed by atoms with Crippen molar-refractivity contribution in [1.29, 1.82) is 0 Å². The molecule has 0 amide bonds. The van der Waals surface area contributed by atoms with Crippen molar-refractivity contribution in [2.45, 2.75) is 46.6 Å². The van der Waals surface area contributed by atoms with Crippen molar-refractivity contribution in [2.75, 3.05) is 19.7 Å². The molecule has 23 heavy (non-hydrogen) atoms. The molecule has 5 heteroatoms. The predicted octanol–water partition coefficient (Wildman–Crippen LogP) is 3.38. The molecule has 2 N–H and O–H groups in total. The molecule has 1 aliphatic heterocycles. The number of hydrogen-bond donors (Lipinski definition) is 2. The van der Waals surface area contributed by atoms with Gasteiger partial charge in [-0.3, -0.25) is 4.99 Å². The fourth-order valence-electron chi connectivity index (χ4n) is 2.39. The SMILES string of the molecule is CCNC(=NCCc1ccc2c(c1)CCO2)NC(C)C(C)C.I. The molecule has 1 atom stereocenters. The van der Waals surface area contributed by atoms with Gasteiger partial charge >= 0.3 is 0 Å². The van der Waals surface area contributed by atoms with Crippen LogP contribution in [0.25, 0.3) is 0 Å². The number of guanidine groups is 1. The Morgan fingerprint density at radius 2 is 2.09 bits per heavy atom. The second-order valence-electron chi connectivity index (χ2n) is 6.23. The maximum Gasteiger partial charge on any atom is 0.191 e. The molecule has 0 fully saturated rings. The normalized spacial score (nSPS) is 14.7. The zero-order chi connectivity index (χ0) is 15.9. The van der Waals surface area contributed by atoms with Gasteiger partial charge in [0.2, 0.25) is 0 Å². The molecular weight excluding hydrogens is 401 g/mol. The van der Waals surface area contributed by atoms with E-state index in [0.29, 0.717) is 12.0 Å². The van der Waals surface area contributed by atoms with Crippen molar-refractivity contribution in [3.05, 3.63) is 29.3 Å². The average molecular weight is 431 g/mol. The highest BCUT2D eigenvalue weighted by molar-refractivity contribution is 14.0. The van der Waals surface area contributed by atoms with Crippen molar-refractivity contribution in [3.63, 3.8) is 0 Å². The van der Waals surface area contributed by atoms with Crippen molar-refractivity contribution in [3.8, 4) is 5.75 Å². The van der Waals surface area contributed by atoms with Gasteiger partial charge < -0.3 is 15.4 Å². The standard InChI is InChI=1S/C18H29N3O.HI/c1-5-19-18(21-14(4)13(2)3)20-10-8-15-6-7-17-16(12-15)9-11-22-17;/h6-7,12-14H,5,8-11H2,1-4H3,(H2,19,20,21);1H. The van der Waals surface area contributed by atoms with Crippen LogP contribution >= 0.6 is 24.0 Å². The summed E-state index contributed by atoms with van der Waals surface area (Å²) in [6, 6.07) is 6.91. The molecule has 0 aromatic heterocycles. The van der Waals surface area contributed by atoms with Gasteiger partial charge in [0.05, 0.1) is 6.61 Å². The fraction of sp³-hybridized carbons (Fsp3) is 0.611. The van der Waals surface area contributed by atoms with Gasteiger partial charge in [-0.15, -0.1) is 24.0 Å². The van der Waals surface area contributed by atoms with Crippen LogP contribution in [0.15, 0.2) is 23.2 Å². The first-order valence-corrected chi connectivity index (χ1v) is 8.39. The Bertz CT molecular complexity index is 517. The van der Waals surface area contributed by atoms with E-state index in [9.17, 15) is 0 Å². The summed E-state index contributed by atoms with van der Waals surface area (Å²) in [6.45, 7) is 11.2. The predicted molar refractivity (Wildman–Crippen MR) is 108 cm³/mol. The molecule has 0 radical (unpaired) electrons. The van der Waals surface area contributed by atoms with Crippen LogP contribution in [0, 0.1) is 5.92 Å². The smallest absolute Gasteiger partial charge is 0.191 e. The van der Waals surface area contributed by atoms with Crippen molar-refractivity contribution < 1.29 is 4.74 Å². The molecule has 2 rings (SSSR count). The van der Waals surface area contributed by atoms with Gasteiger partial charge in [-0.05, 0) is 43.4 Å². The van der Waals surface area contributed by atoms with Crippen LogP contribution in [0.1, 0.15) is 38.8 Å². The van der Waals surface area contributed by atoms with Crippen LogP contribution in [-0.4, -0.2) is 31.7 Å². The third-order valence-electron chi connectivity index (χ3n) is 4.13. The maximum atomic E-state index is 5.55. The molecule has 1 unspecified atom stereocenters. The average Bonchev–Trinajstić information content (AvgIpc) is 2.94. The molecule has 1 aromatic rings. The topological polar surface area (TPSA) is 45.7 Å². The van der Waals surface area contributed by atoms with E-state index < -0.39 is 0 Å². The first-order valence-electron chi connectivity index (χ1n) is 8.39. The van der Waals surface area contributed by atoms with E-state index in [2.05, 4.69) is 61.5 Å². The fourth-order valence-corrected chi connectivity index (χ4v) is 2.39. The Labute approximate surface area is 157 Å². The molecule has 0 spiro atoms. The summed E-state index contributed by atoms with van der Waals surface area (Å²) in [7, 11) is 0. The second-order valence-corrected chi connectivity index (χ2v) is 6.23. The lowest BCUT2D eigenvalue weighted by Crippen LogP contribution is -2.44. The first kappa shape index (κ1) is 20.1. The molecule has 0 bridgehead atoms. The molecule has 0 aliphatic carbocycles. The third kappa shape index (κ3) is 6.20. The van der Waals surface area contributed by atoms with Crippen LogP contribution in [0.3, 0.4) is 0 Å². The monoisotopic (exact) mass is 431 g/mol. The highest BCUT2D eigenvalue weighted by Crippen LogP contribution is 2.25. The number of rotatable bonds is 6. The molecule has 1 heterocycles. The summed E-state index contributed by atoms with van der Waals surface area (Å²) in [6.07, 6.45) is 1.99. The Hall–Kier alpha value is -0.980. The van der Waals surface area contributed by atoms with Crippen molar-refractivity contribution in [2.24, 2.45) is 10.9 Å². The number of nitrogens with zero attached hydrogens (tertiary/aromatic N) is 1. The van der Waals surface area contributed by atoms with Gasteiger partial charge in [-0.1, -0.05) is 26.0 Å². The van der Waals surface area contributed by atoms with Crippen LogP contribution < -0.4 is 15.4 Å². The van der Waals surface area contributed by atoms with E-state index in [0.717, 1.165) is 44.2 Å². The summed E-state index contributed by atoms with van der Waals surface area (Å²) < 4.78 is 5.55. The summed E-state index contributed by atoms with van der Waals surface area (Å²) in [4.78, 5) is 4.69. The molecule has 4 nitrogen and oxygen atoms in total. The maximum absolute atomic E-state index is 5.55. The van der Waals surface area contributed by atoms with E-state index >= 15 is 0 Å². The summed E-state index contributed by atoms with van der Waals surface area (Å²) in [5, 5.41) is 6.78. The van der Waals surface area contributed by atoms with Crippen LogP contribution in [0.4, 0.5) is 0 Å². The number of benzene rings is 1. The van der Waals surface area contributed by atoms with Gasteiger partial charge in [-0.25, -0.2) is 0 Å². The molecular formula is C18H30IN3O. The zero-order valence-electron chi connectivity index (χ0n) is 14.7. The number of nitrogens with one attached hydrogen (secondary N) is 2. The van der Waals surface area contributed by atoms with Gasteiger partial charge in [0.1, 0.15) is 5.75 Å². The quantitative estimate of drug-likeness (QED) is 0.413. The number of hydrogen-bond acceptors (Lipinski definition) is 2. The number of aliphatic imine (C=N–C) groups is 1. The lowest BCUT2D eigenvalue weighted by atomic mass is 10.1. The van der Waals surface area contributed by atoms with Gasteiger partial charge in [0.25, 0.3) is 0 Å². The lowest BCUT2D eigenvalue weighted by molar-refractivity contribution is 0.357. The minimum absolute atomic E-state index is 0. The van der Waals surface area contributed by atoms with Gasteiger partial charge in [0.15, 0.2) is 5.96 Å². The lowest BCUT2D eigenvalue weighted by Gasteiger charge is -2.20.